The first kappa shape index (κ1) is 13.5. The fourth-order valence-electron chi connectivity index (χ4n) is 1.30. The molecule has 10 heavy (non-hydrogen) atoms. The summed E-state index contributed by atoms with van der Waals surface area (Å²) in [7, 11) is -1.71. The van der Waals surface area contributed by atoms with Crippen LogP contribution in [0.5, 0.6) is 0 Å². The van der Waals surface area contributed by atoms with Gasteiger partial charge in [0, 0.05) is 17.4 Å². The average Bonchev–Trinajstić information content (AvgIpc) is 1.14. The molecular formula is C7H19CrSi2-. The Hall–Kier alpha value is 0.966. The predicted molar refractivity (Wildman–Crippen MR) is 51.0 cm³/mol. The summed E-state index contributed by atoms with van der Waals surface area (Å²) >= 11 is 0. The van der Waals surface area contributed by atoms with E-state index in [1.54, 1.807) is 0 Å². The van der Waals surface area contributed by atoms with E-state index in [1.807, 2.05) is 0 Å². The minimum atomic E-state index is -0.856. The standard InChI is InChI=1S/C7H19Si2.Cr/c1-8(2,3)7-9(4,5)6;/h7H,1-6H3;/q-1;. The van der Waals surface area contributed by atoms with Crippen LogP contribution in [0.1, 0.15) is 0 Å². The topological polar surface area (TPSA) is 0 Å². The van der Waals surface area contributed by atoms with Crippen molar-refractivity contribution in [2.24, 2.45) is 0 Å². The molecule has 0 spiro atoms. The van der Waals surface area contributed by atoms with Crippen LogP contribution in [0.25, 0.3) is 0 Å². The minimum Gasteiger partial charge on any atom is -0.327 e. The van der Waals surface area contributed by atoms with Crippen LogP contribution in [0.2, 0.25) is 39.3 Å². The number of rotatable bonds is 2. The second-order valence-corrected chi connectivity index (χ2v) is 15.5. The number of hydrogen-bond acceptors (Lipinski definition) is 0. The fraction of sp³-hybridized carbons (Fsp3) is 0.857. The van der Waals surface area contributed by atoms with Gasteiger partial charge in [-0.2, -0.15) is 0 Å². The second kappa shape index (κ2) is 4.11. The molecule has 0 saturated heterocycles. The van der Waals surface area contributed by atoms with Crippen LogP contribution in [0, 0.1) is 5.67 Å². The molecule has 0 N–H and O–H groups in total. The first-order valence-electron chi connectivity index (χ1n) is 3.58. The maximum absolute atomic E-state index is 2.65. The van der Waals surface area contributed by atoms with Crippen LogP contribution in [0.3, 0.4) is 0 Å². The van der Waals surface area contributed by atoms with Gasteiger partial charge in [-0.05, 0) is 0 Å². The molecule has 0 atom stereocenters. The molecule has 3 heteroatoms. The van der Waals surface area contributed by atoms with Crippen molar-refractivity contribution in [3.63, 3.8) is 0 Å². The first-order chi connectivity index (χ1) is 3.71. The Kier molecular flexibility index (Phi) is 5.57. The maximum atomic E-state index is 2.65. The molecule has 0 saturated carbocycles. The minimum absolute atomic E-state index is 0. The van der Waals surface area contributed by atoms with E-state index in [0.29, 0.717) is 0 Å². The van der Waals surface area contributed by atoms with Crippen LogP contribution in [0.15, 0.2) is 0 Å². The summed E-state index contributed by atoms with van der Waals surface area (Å²) in [5, 5.41) is 0. The second-order valence-electron chi connectivity index (χ2n) is 4.88. The monoisotopic (exact) mass is 211 g/mol. The molecule has 0 aliphatic heterocycles. The van der Waals surface area contributed by atoms with Crippen molar-refractivity contribution in [3.05, 3.63) is 5.67 Å². The number of hydrogen-bond donors (Lipinski definition) is 0. The normalized spacial score (nSPS) is 12.6. The van der Waals surface area contributed by atoms with Crippen molar-refractivity contribution in [2.75, 3.05) is 0 Å². The van der Waals surface area contributed by atoms with Crippen LogP contribution < -0.4 is 0 Å². The van der Waals surface area contributed by atoms with Gasteiger partial charge < -0.3 is 5.67 Å². The molecule has 0 amide bonds. The van der Waals surface area contributed by atoms with Gasteiger partial charge in [-0.1, -0.05) is 39.3 Å². The van der Waals surface area contributed by atoms with Gasteiger partial charge in [0.25, 0.3) is 0 Å². The van der Waals surface area contributed by atoms with E-state index >= 15 is 0 Å². The summed E-state index contributed by atoms with van der Waals surface area (Å²) in [6.45, 7) is 14.4. The van der Waals surface area contributed by atoms with Crippen molar-refractivity contribution >= 4 is 16.1 Å². The van der Waals surface area contributed by atoms with Crippen LogP contribution in [-0.4, -0.2) is 16.1 Å². The summed E-state index contributed by atoms with van der Waals surface area (Å²) in [5.41, 5.74) is 2.65. The van der Waals surface area contributed by atoms with Gasteiger partial charge in [-0.25, -0.2) is 0 Å². The molecule has 0 radical (unpaired) electrons. The van der Waals surface area contributed by atoms with Crippen LogP contribution in [0.4, 0.5) is 0 Å². The maximum Gasteiger partial charge on any atom is 0 e. The third kappa shape index (κ3) is 11.7. The molecule has 0 aliphatic rings. The molecule has 0 aromatic rings. The van der Waals surface area contributed by atoms with Crippen molar-refractivity contribution in [1.82, 2.24) is 0 Å². The SMILES string of the molecule is C[Si](C)(C)[CH-][Si](C)(C)C.[Cr]. The van der Waals surface area contributed by atoms with E-state index in [-0.39, 0.29) is 17.4 Å². The van der Waals surface area contributed by atoms with Gasteiger partial charge in [-0.3, -0.25) is 0 Å². The summed E-state index contributed by atoms with van der Waals surface area (Å²) in [5.74, 6) is 0. The summed E-state index contributed by atoms with van der Waals surface area (Å²) in [6, 6.07) is 0. The van der Waals surface area contributed by atoms with Gasteiger partial charge in [0.05, 0.1) is 0 Å². The van der Waals surface area contributed by atoms with E-state index < -0.39 is 16.1 Å². The zero-order chi connectivity index (χ0) is 7.71. The third-order valence-electron chi connectivity index (χ3n) is 0.866. The molecule has 0 aromatic heterocycles. The zero-order valence-electron chi connectivity index (χ0n) is 7.99. The van der Waals surface area contributed by atoms with E-state index in [2.05, 4.69) is 44.9 Å². The molecule has 0 rings (SSSR count). The molecule has 0 bridgehead atoms. The van der Waals surface area contributed by atoms with Crippen molar-refractivity contribution in [2.45, 2.75) is 39.3 Å². The largest absolute Gasteiger partial charge is 0.327 e. The summed E-state index contributed by atoms with van der Waals surface area (Å²) in [6.07, 6.45) is 0. The van der Waals surface area contributed by atoms with E-state index in [1.165, 1.54) is 0 Å². The van der Waals surface area contributed by atoms with E-state index in [9.17, 15) is 0 Å². The molecule has 0 nitrogen and oxygen atoms in total. The van der Waals surface area contributed by atoms with Crippen LogP contribution in [-0.2, 0) is 17.4 Å². The Morgan fingerprint density at radius 3 is 0.900 bits per heavy atom. The molecule has 0 aromatic carbocycles. The molecule has 62 valence electrons. The van der Waals surface area contributed by atoms with E-state index in [4.69, 9.17) is 0 Å². The fourth-order valence-corrected chi connectivity index (χ4v) is 11.7. The van der Waals surface area contributed by atoms with E-state index in [0.717, 1.165) is 0 Å². The molecule has 0 heterocycles. The van der Waals surface area contributed by atoms with Crippen molar-refractivity contribution in [3.8, 4) is 0 Å². The van der Waals surface area contributed by atoms with Gasteiger partial charge in [-0.15, -0.1) is 16.1 Å². The van der Waals surface area contributed by atoms with Crippen molar-refractivity contribution in [1.29, 1.82) is 0 Å². The van der Waals surface area contributed by atoms with Crippen molar-refractivity contribution < 1.29 is 17.4 Å². The Bertz CT molecular complexity index is 76.8. The van der Waals surface area contributed by atoms with Gasteiger partial charge in [0.1, 0.15) is 0 Å². The molecule has 0 aliphatic carbocycles. The summed E-state index contributed by atoms with van der Waals surface area (Å²) in [4.78, 5) is 0. The predicted octanol–water partition coefficient (Wildman–Crippen LogP) is 2.94. The molecular weight excluding hydrogens is 192 g/mol. The Morgan fingerprint density at radius 1 is 0.700 bits per heavy atom. The van der Waals surface area contributed by atoms with Gasteiger partial charge in [0.15, 0.2) is 0 Å². The Labute approximate surface area is 78.6 Å². The quantitative estimate of drug-likeness (QED) is 0.487. The van der Waals surface area contributed by atoms with Gasteiger partial charge in [0.2, 0.25) is 0 Å². The molecule has 0 fully saturated rings. The summed E-state index contributed by atoms with van der Waals surface area (Å²) < 4.78 is 0. The smallest absolute Gasteiger partial charge is 0 e. The first-order valence-corrected chi connectivity index (χ1v) is 10.7. The van der Waals surface area contributed by atoms with Crippen LogP contribution >= 0.6 is 0 Å². The Balaban J connectivity index is 0. The van der Waals surface area contributed by atoms with Gasteiger partial charge >= 0.3 is 0 Å². The Morgan fingerprint density at radius 2 is 0.900 bits per heavy atom. The molecule has 0 unspecified atom stereocenters. The zero-order valence-corrected chi connectivity index (χ0v) is 11.3. The average molecular weight is 211 g/mol. The third-order valence-corrected chi connectivity index (χ3v) is 7.79.